The fourth-order valence-corrected chi connectivity index (χ4v) is 3.44. The summed E-state index contributed by atoms with van der Waals surface area (Å²) < 4.78 is 16.5. The first-order valence-corrected chi connectivity index (χ1v) is 9.50. The average Bonchev–Trinajstić information content (AvgIpc) is 3.13. The number of ether oxygens (including phenoxy) is 2. The molecule has 1 amide bonds. The molecule has 2 heterocycles. The summed E-state index contributed by atoms with van der Waals surface area (Å²) in [6, 6.07) is 15.6. The summed E-state index contributed by atoms with van der Waals surface area (Å²) in [4.78, 5) is 28.9. The Morgan fingerprint density at radius 3 is 2.52 bits per heavy atom. The van der Waals surface area contributed by atoms with Crippen molar-refractivity contribution in [3.05, 3.63) is 77.2 Å². The van der Waals surface area contributed by atoms with Gasteiger partial charge in [-0.25, -0.2) is 4.98 Å². The Balaban J connectivity index is 1.77. The SMILES string of the molecule is COc1ccc(C(=O)c2oc3cc(-c4cccc(C(N)=O)n4)ccc3c2C)c(OC)c1. The number of furan rings is 1. The first-order valence-electron chi connectivity index (χ1n) is 9.50. The minimum Gasteiger partial charge on any atom is -0.497 e. The summed E-state index contributed by atoms with van der Waals surface area (Å²) in [5.41, 5.74) is 8.47. The van der Waals surface area contributed by atoms with E-state index in [0.29, 0.717) is 28.3 Å². The highest BCUT2D eigenvalue weighted by Crippen LogP contribution is 2.33. The van der Waals surface area contributed by atoms with Crippen LogP contribution in [0, 0.1) is 6.92 Å². The molecule has 0 spiro atoms. The van der Waals surface area contributed by atoms with Gasteiger partial charge in [-0.15, -0.1) is 0 Å². The second kappa shape index (κ2) is 7.95. The molecule has 2 aromatic carbocycles. The molecule has 0 bridgehead atoms. The monoisotopic (exact) mass is 416 g/mol. The number of carbonyl (C=O) groups is 2. The van der Waals surface area contributed by atoms with Gasteiger partial charge in [-0.2, -0.15) is 0 Å². The molecule has 31 heavy (non-hydrogen) atoms. The predicted molar refractivity (Wildman–Crippen MR) is 116 cm³/mol. The minimum atomic E-state index is -0.599. The quantitative estimate of drug-likeness (QED) is 0.474. The zero-order chi connectivity index (χ0) is 22.1. The lowest BCUT2D eigenvalue weighted by Gasteiger charge is -2.08. The van der Waals surface area contributed by atoms with Crippen LogP contribution in [0.25, 0.3) is 22.2 Å². The van der Waals surface area contributed by atoms with Crippen LogP contribution in [-0.2, 0) is 0 Å². The Morgan fingerprint density at radius 1 is 1.00 bits per heavy atom. The van der Waals surface area contributed by atoms with E-state index < -0.39 is 5.91 Å². The van der Waals surface area contributed by atoms with Crippen molar-refractivity contribution in [1.29, 1.82) is 0 Å². The van der Waals surface area contributed by atoms with Gasteiger partial charge in [0.1, 0.15) is 22.8 Å². The van der Waals surface area contributed by atoms with E-state index in [0.717, 1.165) is 16.5 Å². The molecule has 2 N–H and O–H groups in total. The molecule has 0 unspecified atom stereocenters. The number of pyridine rings is 1. The van der Waals surface area contributed by atoms with Crippen LogP contribution in [0.5, 0.6) is 11.5 Å². The smallest absolute Gasteiger partial charge is 0.267 e. The highest BCUT2D eigenvalue weighted by Gasteiger charge is 2.23. The molecule has 0 fully saturated rings. The van der Waals surface area contributed by atoms with Crippen LogP contribution in [-0.4, -0.2) is 30.9 Å². The minimum absolute atomic E-state index is 0.177. The lowest BCUT2D eigenvalue weighted by atomic mass is 10.0. The number of nitrogens with two attached hydrogens (primary N) is 1. The molecule has 4 rings (SSSR count). The molecule has 0 saturated heterocycles. The number of aromatic nitrogens is 1. The maximum atomic E-state index is 13.2. The molecule has 7 nitrogen and oxygen atoms in total. The molecule has 0 radical (unpaired) electrons. The summed E-state index contributed by atoms with van der Waals surface area (Å²) in [6.07, 6.45) is 0. The molecule has 7 heteroatoms. The van der Waals surface area contributed by atoms with Crippen molar-refractivity contribution in [1.82, 2.24) is 4.98 Å². The Morgan fingerprint density at radius 2 is 1.81 bits per heavy atom. The third-order valence-electron chi connectivity index (χ3n) is 5.10. The first kappa shape index (κ1) is 20.2. The van der Waals surface area contributed by atoms with Crippen molar-refractivity contribution in [3.63, 3.8) is 0 Å². The average molecular weight is 416 g/mol. The van der Waals surface area contributed by atoms with E-state index in [1.54, 1.807) is 49.6 Å². The van der Waals surface area contributed by atoms with Crippen LogP contribution in [0.4, 0.5) is 0 Å². The third-order valence-corrected chi connectivity index (χ3v) is 5.10. The summed E-state index contributed by atoms with van der Waals surface area (Å²) in [7, 11) is 3.04. The maximum absolute atomic E-state index is 13.2. The molecule has 0 aliphatic heterocycles. The summed E-state index contributed by atoms with van der Waals surface area (Å²) in [5.74, 6) is 0.332. The van der Waals surface area contributed by atoms with Crippen LogP contribution < -0.4 is 15.2 Å². The van der Waals surface area contributed by atoms with Crippen molar-refractivity contribution in [3.8, 4) is 22.8 Å². The van der Waals surface area contributed by atoms with E-state index in [2.05, 4.69) is 4.98 Å². The fourth-order valence-electron chi connectivity index (χ4n) is 3.44. The summed E-state index contributed by atoms with van der Waals surface area (Å²) in [6.45, 7) is 1.83. The number of ketones is 1. The number of aryl methyl sites for hydroxylation is 1. The Kier molecular flexibility index (Phi) is 5.17. The van der Waals surface area contributed by atoms with Gasteiger partial charge < -0.3 is 19.6 Å². The standard InChI is InChI=1S/C24H20N2O5/c1-13-16-9-7-14(18-5-4-6-19(26-18)24(25)28)11-21(16)31-23(13)22(27)17-10-8-15(29-2)12-20(17)30-3/h4-12H,1-3H3,(H2,25,28). The third kappa shape index (κ3) is 3.61. The van der Waals surface area contributed by atoms with E-state index in [-0.39, 0.29) is 17.2 Å². The second-order valence-electron chi connectivity index (χ2n) is 6.93. The van der Waals surface area contributed by atoms with Gasteiger partial charge in [0.05, 0.1) is 25.5 Å². The van der Waals surface area contributed by atoms with Crippen molar-refractivity contribution in [2.75, 3.05) is 14.2 Å². The molecular formula is C24H20N2O5. The van der Waals surface area contributed by atoms with Crippen LogP contribution in [0.15, 0.2) is 59.0 Å². The van der Waals surface area contributed by atoms with E-state index in [1.165, 1.54) is 7.11 Å². The van der Waals surface area contributed by atoms with Gasteiger partial charge in [-0.3, -0.25) is 9.59 Å². The fraction of sp³-hybridized carbons (Fsp3) is 0.125. The van der Waals surface area contributed by atoms with Gasteiger partial charge in [0, 0.05) is 22.6 Å². The molecule has 0 aliphatic rings. The number of hydrogen-bond donors (Lipinski definition) is 1. The Bertz CT molecular complexity index is 1320. The van der Waals surface area contributed by atoms with Crippen molar-refractivity contribution >= 4 is 22.7 Å². The number of amides is 1. The largest absolute Gasteiger partial charge is 0.497 e. The molecule has 0 aliphatic carbocycles. The molecule has 2 aromatic heterocycles. The van der Waals surface area contributed by atoms with Crippen LogP contribution in [0.3, 0.4) is 0 Å². The number of carbonyl (C=O) groups excluding carboxylic acids is 2. The normalized spacial score (nSPS) is 10.8. The lowest BCUT2D eigenvalue weighted by molar-refractivity contribution is 0.0991. The van der Waals surface area contributed by atoms with Crippen LogP contribution in [0.1, 0.15) is 32.2 Å². The molecule has 0 atom stereocenters. The van der Waals surface area contributed by atoms with Gasteiger partial charge in [-0.05, 0) is 37.3 Å². The van der Waals surface area contributed by atoms with Gasteiger partial charge in [0.15, 0.2) is 5.76 Å². The second-order valence-corrected chi connectivity index (χ2v) is 6.93. The molecule has 4 aromatic rings. The van der Waals surface area contributed by atoms with Gasteiger partial charge in [0.2, 0.25) is 5.78 Å². The number of fused-ring (bicyclic) bond motifs is 1. The van der Waals surface area contributed by atoms with E-state index in [1.807, 2.05) is 19.1 Å². The highest BCUT2D eigenvalue weighted by atomic mass is 16.5. The Hall–Kier alpha value is -4.13. The number of methoxy groups -OCH3 is 2. The molecule has 156 valence electrons. The van der Waals surface area contributed by atoms with Crippen molar-refractivity contribution in [2.45, 2.75) is 6.92 Å². The van der Waals surface area contributed by atoms with Gasteiger partial charge in [-0.1, -0.05) is 18.2 Å². The van der Waals surface area contributed by atoms with E-state index in [4.69, 9.17) is 19.6 Å². The number of nitrogens with zero attached hydrogens (tertiary/aromatic N) is 1. The van der Waals surface area contributed by atoms with Gasteiger partial charge >= 0.3 is 0 Å². The first-order chi connectivity index (χ1) is 14.9. The Labute approximate surface area is 178 Å². The van der Waals surface area contributed by atoms with E-state index in [9.17, 15) is 9.59 Å². The summed E-state index contributed by atoms with van der Waals surface area (Å²) in [5, 5.41) is 0.811. The highest BCUT2D eigenvalue weighted by molar-refractivity contribution is 6.12. The van der Waals surface area contributed by atoms with Gasteiger partial charge in [0.25, 0.3) is 5.91 Å². The van der Waals surface area contributed by atoms with Crippen LogP contribution >= 0.6 is 0 Å². The zero-order valence-electron chi connectivity index (χ0n) is 17.3. The zero-order valence-corrected chi connectivity index (χ0v) is 17.3. The van der Waals surface area contributed by atoms with Crippen LogP contribution in [0.2, 0.25) is 0 Å². The number of hydrogen-bond acceptors (Lipinski definition) is 6. The van der Waals surface area contributed by atoms with Crippen molar-refractivity contribution < 1.29 is 23.5 Å². The predicted octanol–water partition coefficient (Wildman–Crippen LogP) is 4.15. The topological polar surface area (TPSA) is 105 Å². The number of primary amides is 1. The summed E-state index contributed by atoms with van der Waals surface area (Å²) >= 11 is 0. The number of benzene rings is 2. The number of rotatable bonds is 6. The molecule has 0 saturated carbocycles. The van der Waals surface area contributed by atoms with Crippen molar-refractivity contribution in [2.24, 2.45) is 5.73 Å². The molecular weight excluding hydrogens is 396 g/mol. The maximum Gasteiger partial charge on any atom is 0.267 e. The van der Waals surface area contributed by atoms with E-state index >= 15 is 0 Å². The lowest BCUT2D eigenvalue weighted by Crippen LogP contribution is -2.12.